The molecule has 98 valence electrons. The first-order valence-electron chi connectivity index (χ1n) is 5.73. The number of aliphatic hydroxyl groups is 1. The summed E-state index contributed by atoms with van der Waals surface area (Å²) in [7, 11) is 0. The lowest BCUT2D eigenvalue weighted by Crippen LogP contribution is -2.26. The summed E-state index contributed by atoms with van der Waals surface area (Å²) in [4.78, 5) is 0. The van der Waals surface area contributed by atoms with Crippen LogP contribution in [0.1, 0.15) is 38.3 Å². The molecule has 0 amide bonds. The molecule has 0 bridgehead atoms. The van der Waals surface area contributed by atoms with Crippen LogP contribution in [0, 0.1) is 5.92 Å². The third-order valence-corrected chi connectivity index (χ3v) is 2.73. The molecule has 0 saturated heterocycles. The molecule has 0 saturated carbocycles. The maximum Gasteiger partial charge on any atom is 0.115 e. The molecule has 17 heavy (non-hydrogen) atoms. The van der Waals surface area contributed by atoms with Crippen molar-refractivity contribution < 1.29 is 10.2 Å². The summed E-state index contributed by atoms with van der Waals surface area (Å²) in [5.41, 5.74) is 6.80. The Labute approximate surface area is 109 Å². The average molecular weight is 260 g/mol. The van der Waals surface area contributed by atoms with Crippen LogP contribution in [0.3, 0.4) is 0 Å². The van der Waals surface area contributed by atoms with Gasteiger partial charge >= 0.3 is 0 Å². The summed E-state index contributed by atoms with van der Waals surface area (Å²) in [6.45, 7) is 4.25. The molecule has 0 unspecified atom stereocenters. The van der Waals surface area contributed by atoms with Crippen molar-refractivity contribution in [2.45, 2.75) is 38.8 Å². The van der Waals surface area contributed by atoms with Gasteiger partial charge in [-0.3, -0.25) is 0 Å². The number of phenols is 1. The number of nitrogens with two attached hydrogens (primary N) is 1. The fourth-order valence-corrected chi connectivity index (χ4v) is 1.60. The summed E-state index contributed by atoms with van der Waals surface area (Å²) < 4.78 is 0. The predicted octanol–water partition coefficient (Wildman–Crippen LogP) is 2.61. The van der Waals surface area contributed by atoms with Gasteiger partial charge in [-0.25, -0.2) is 0 Å². The van der Waals surface area contributed by atoms with Gasteiger partial charge in [0.25, 0.3) is 0 Å². The Kier molecular flexibility index (Phi) is 7.19. The molecular formula is C13H22ClNO2. The van der Waals surface area contributed by atoms with Crippen LogP contribution in [-0.2, 0) is 0 Å². The first-order chi connectivity index (χ1) is 7.50. The SMILES string of the molecule is CC(C)CC[C@@H](O)[C@@H](N)c1ccc(O)cc1.Cl. The minimum Gasteiger partial charge on any atom is -0.508 e. The molecule has 0 aliphatic carbocycles. The molecule has 1 aromatic rings. The van der Waals surface area contributed by atoms with Crippen LogP contribution in [0.25, 0.3) is 0 Å². The van der Waals surface area contributed by atoms with Gasteiger partial charge < -0.3 is 15.9 Å². The van der Waals surface area contributed by atoms with E-state index >= 15 is 0 Å². The highest BCUT2D eigenvalue weighted by Gasteiger charge is 2.16. The molecule has 0 radical (unpaired) electrons. The van der Waals surface area contributed by atoms with Crippen LogP contribution in [0.4, 0.5) is 0 Å². The number of aromatic hydroxyl groups is 1. The molecule has 1 rings (SSSR count). The van der Waals surface area contributed by atoms with E-state index in [0.29, 0.717) is 12.3 Å². The van der Waals surface area contributed by atoms with Crippen LogP contribution in [0.15, 0.2) is 24.3 Å². The zero-order valence-corrected chi connectivity index (χ0v) is 11.2. The van der Waals surface area contributed by atoms with Crippen molar-refractivity contribution in [2.75, 3.05) is 0 Å². The zero-order valence-electron chi connectivity index (χ0n) is 10.3. The lowest BCUT2D eigenvalue weighted by Gasteiger charge is -2.20. The zero-order chi connectivity index (χ0) is 12.1. The van der Waals surface area contributed by atoms with Crippen LogP contribution < -0.4 is 5.73 Å². The van der Waals surface area contributed by atoms with Crippen molar-refractivity contribution in [3.63, 3.8) is 0 Å². The summed E-state index contributed by atoms with van der Waals surface area (Å²) >= 11 is 0. The van der Waals surface area contributed by atoms with Gasteiger partial charge in [-0.05, 0) is 36.5 Å². The second kappa shape index (κ2) is 7.54. The Morgan fingerprint density at radius 3 is 2.12 bits per heavy atom. The number of halogens is 1. The summed E-state index contributed by atoms with van der Waals surface area (Å²) in [5, 5.41) is 19.1. The Balaban J connectivity index is 0.00000256. The number of aliphatic hydroxyl groups excluding tert-OH is 1. The minimum atomic E-state index is -0.521. The Bertz CT molecular complexity index is 314. The van der Waals surface area contributed by atoms with Crippen molar-refractivity contribution in [1.82, 2.24) is 0 Å². The van der Waals surface area contributed by atoms with Crippen molar-refractivity contribution in [1.29, 1.82) is 0 Å². The van der Waals surface area contributed by atoms with Crippen molar-refractivity contribution in [3.05, 3.63) is 29.8 Å². The van der Waals surface area contributed by atoms with E-state index in [-0.39, 0.29) is 24.2 Å². The molecule has 0 aromatic heterocycles. The molecular weight excluding hydrogens is 238 g/mol. The molecule has 3 nitrogen and oxygen atoms in total. The molecule has 0 spiro atoms. The van der Waals surface area contributed by atoms with Gasteiger partial charge in [-0.15, -0.1) is 12.4 Å². The number of hydrogen-bond acceptors (Lipinski definition) is 3. The van der Waals surface area contributed by atoms with Gasteiger partial charge in [0.1, 0.15) is 5.75 Å². The van der Waals surface area contributed by atoms with Gasteiger partial charge in [0, 0.05) is 0 Å². The van der Waals surface area contributed by atoms with E-state index in [2.05, 4.69) is 13.8 Å². The predicted molar refractivity (Wildman–Crippen MR) is 72.4 cm³/mol. The maximum absolute atomic E-state index is 9.90. The van der Waals surface area contributed by atoms with Crippen molar-refractivity contribution >= 4 is 12.4 Å². The van der Waals surface area contributed by atoms with E-state index in [9.17, 15) is 5.11 Å². The van der Waals surface area contributed by atoms with Crippen LogP contribution >= 0.6 is 12.4 Å². The molecule has 4 heteroatoms. The van der Waals surface area contributed by atoms with Crippen LogP contribution in [0.5, 0.6) is 5.75 Å². The minimum absolute atomic E-state index is 0. The Hall–Kier alpha value is -0.770. The van der Waals surface area contributed by atoms with E-state index in [4.69, 9.17) is 10.8 Å². The molecule has 2 atom stereocenters. The number of hydrogen-bond donors (Lipinski definition) is 3. The highest BCUT2D eigenvalue weighted by Crippen LogP contribution is 2.21. The fraction of sp³-hybridized carbons (Fsp3) is 0.538. The highest BCUT2D eigenvalue weighted by atomic mass is 35.5. The highest BCUT2D eigenvalue weighted by molar-refractivity contribution is 5.85. The summed E-state index contributed by atoms with van der Waals surface area (Å²) in [6, 6.07) is 6.30. The molecule has 0 aliphatic rings. The summed E-state index contributed by atoms with van der Waals surface area (Å²) in [5.74, 6) is 0.786. The average Bonchev–Trinajstić information content (AvgIpc) is 2.26. The second-order valence-corrected chi connectivity index (χ2v) is 4.66. The van der Waals surface area contributed by atoms with Crippen LogP contribution in [0.2, 0.25) is 0 Å². The Morgan fingerprint density at radius 1 is 1.12 bits per heavy atom. The maximum atomic E-state index is 9.90. The molecule has 0 fully saturated rings. The van der Waals surface area contributed by atoms with Crippen LogP contribution in [-0.4, -0.2) is 16.3 Å². The standard InChI is InChI=1S/C13H21NO2.ClH/c1-9(2)3-8-12(16)13(14)10-4-6-11(15)7-5-10;/h4-7,9,12-13,15-16H,3,8,14H2,1-2H3;1H/t12-,13+;/m1./s1. The van der Waals surface area contributed by atoms with Gasteiger partial charge in [0.05, 0.1) is 12.1 Å². The van der Waals surface area contributed by atoms with E-state index < -0.39 is 6.10 Å². The number of benzene rings is 1. The van der Waals surface area contributed by atoms with E-state index in [1.54, 1.807) is 24.3 Å². The molecule has 0 heterocycles. The van der Waals surface area contributed by atoms with Crippen molar-refractivity contribution in [3.8, 4) is 5.75 Å². The van der Waals surface area contributed by atoms with E-state index in [1.165, 1.54) is 0 Å². The second-order valence-electron chi connectivity index (χ2n) is 4.66. The molecule has 0 aliphatic heterocycles. The Morgan fingerprint density at radius 2 is 1.65 bits per heavy atom. The third-order valence-electron chi connectivity index (χ3n) is 2.73. The number of phenolic OH excluding ortho intramolecular Hbond substituents is 1. The third kappa shape index (κ3) is 5.39. The molecule has 4 N–H and O–H groups in total. The quantitative estimate of drug-likeness (QED) is 0.762. The van der Waals surface area contributed by atoms with Gasteiger partial charge in [0.15, 0.2) is 0 Å². The summed E-state index contributed by atoms with van der Waals surface area (Å²) in [6.07, 6.45) is 1.15. The first kappa shape index (κ1) is 16.2. The number of rotatable bonds is 5. The van der Waals surface area contributed by atoms with Crippen molar-refractivity contribution in [2.24, 2.45) is 11.7 Å². The fourth-order valence-electron chi connectivity index (χ4n) is 1.60. The smallest absolute Gasteiger partial charge is 0.115 e. The lowest BCUT2D eigenvalue weighted by molar-refractivity contribution is 0.128. The van der Waals surface area contributed by atoms with Gasteiger partial charge in [-0.1, -0.05) is 26.0 Å². The molecule has 1 aromatic carbocycles. The van der Waals surface area contributed by atoms with E-state index in [1.807, 2.05) is 0 Å². The normalized spacial score (nSPS) is 14.2. The van der Waals surface area contributed by atoms with E-state index in [0.717, 1.165) is 12.0 Å². The topological polar surface area (TPSA) is 66.5 Å². The monoisotopic (exact) mass is 259 g/mol. The largest absolute Gasteiger partial charge is 0.508 e. The van der Waals surface area contributed by atoms with Gasteiger partial charge in [-0.2, -0.15) is 0 Å². The lowest BCUT2D eigenvalue weighted by atomic mass is 9.96. The van der Waals surface area contributed by atoms with Gasteiger partial charge in [0.2, 0.25) is 0 Å². The first-order valence-corrected chi connectivity index (χ1v) is 5.73.